The molecule has 7 nitrogen and oxygen atoms in total. The largest absolute Gasteiger partial charge is 0.462 e. The molecule has 0 aliphatic heterocycles. The fourth-order valence-corrected chi connectivity index (χ4v) is 3.07. The topological polar surface area (TPSA) is 95.7 Å². The van der Waals surface area contributed by atoms with E-state index in [4.69, 9.17) is 9.47 Å². The van der Waals surface area contributed by atoms with Crippen molar-refractivity contribution in [1.29, 1.82) is 0 Å². The fraction of sp³-hybridized carbons (Fsp3) is 0.182. The van der Waals surface area contributed by atoms with Crippen LogP contribution in [0.3, 0.4) is 0 Å². The Labute approximate surface area is 167 Å². The van der Waals surface area contributed by atoms with Gasteiger partial charge in [-0.05, 0) is 54.3 Å². The number of hydrogen-bond donors (Lipinski definition) is 0. The van der Waals surface area contributed by atoms with E-state index in [-0.39, 0.29) is 30.0 Å². The molecule has 29 heavy (non-hydrogen) atoms. The van der Waals surface area contributed by atoms with Crippen molar-refractivity contribution in [3.63, 3.8) is 0 Å². The smallest absolute Gasteiger partial charge is 0.338 e. The van der Waals surface area contributed by atoms with Gasteiger partial charge in [-0.15, -0.1) is 0 Å². The Balaban J connectivity index is 2.12. The van der Waals surface area contributed by atoms with E-state index in [9.17, 15) is 19.7 Å². The van der Waals surface area contributed by atoms with E-state index in [1.165, 1.54) is 18.2 Å². The quantitative estimate of drug-likeness (QED) is 0.342. The lowest BCUT2D eigenvalue weighted by molar-refractivity contribution is -0.384. The minimum absolute atomic E-state index is 0.00186. The molecule has 0 aromatic heterocycles. The van der Waals surface area contributed by atoms with Gasteiger partial charge in [0.1, 0.15) is 0 Å². The summed E-state index contributed by atoms with van der Waals surface area (Å²) in [6.45, 7) is 3.85. The van der Waals surface area contributed by atoms with Gasteiger partial charge in [-0.3, -0.25) is 10.1 Å². The Kier molecular flexibility index (Phi) is 5.87. The lowest BCUT2D eigenvalue weighted by Crippen LogP contribution is -2.05. The molecular formula is C22H19NO6. The third-order valence-electron chi connectivity index (χ3n) is 4.42. The van der Waals surface area contributed by atoms with Crippen LogP contribution in [0.4, 0.5) is 5.69 Å². The Morgan fingerprint density at radius 3 is 1.59 bits per heavy atom. The molecule has 3 rings (SSSR count). The number of rotatable bonds is 6. The average Bonchev–Trinajstić information content (AvgIpc) is 2.93. The molecule has 7 heteroatoms. The van der Waals surface area contributed by atoms with Crippen LogP contribution < -0.4 is 0 Å². The summed E-state index contributed by atoms with van der Waals surface area (Å²) in [7, 11) is 0. The average molecular weight is 393 g/mol. The molecule has 0 atom stereocenters. The molecule has 1 aromatic carbocycles. The summed E-state index contributed by atoms with van der Waals surface area (Å²) in [6, 6.07) is 14.7. The highest BCUT2D eigenvalue weighted by atomic mass is 16.6. The van der Waals surface area contributed by atoms with Crippen LogP contribution in [-0.4, -0.2) is 30.1 Å². The minimum atomic E-state index is -0.517. The molecule has 1 aromatic rings. The molecule has 0 saturated carbocycles. The van der Waals surface area contributed by atoms with Crippen molar-refractivity contribution >= 4 is 17.6 Å². The first-order valence-electron chi connectivity index (χ1n) is 9.12. The molecule has 0 unspecified atom stereocenters. The molecule has 0 N–H and O–H groups in total. The first kappa shape index (κ1) is 20.0. The van der Waals surface area contributed by atoms with Crippen LogP contribution in [0.2, 0.25) is 0 Å². The molecule has 0 fully saturated rings. The Morgan fingerprint density at radius 2 is 1.21 bits per heavy atom. The second-order valence-corrected chi connectivity index (χ2v) is 6.17. The van der Waals surface area contributed by atoms with Gasteiger partial charge < -0.3 is 9.47 Å². The van der Waals surface area contributed by atoms with Gasteiger partial charge in [0.25, 0.3) is 5.69 Å². The number of hydrogen-bond acceptors (Lipinski definition) is 6. The lowest BCUT2D eigenvalue weighted by atomic mass is 10.1. The van der Waals surface area contributed by atoms with Crippen molar-refractivity contribution in [3.05, 3.63) is 75.8 Å². The van der Waals surface area contributed by atoms with Crippen LogP contribution in [0.5, 0.6) is 0 Å². The molecule has 148 valence electrons. The van der Waals surface area contributed by atoms with Crippen molar-refractivity contribution in [2.45, 2.75) is 13.8 Å². The van der Waals surface area contributed by atoms with Gasteiger partial charge in [0.05, 0.1) is 29.3 Å². The molecule has 0 radical (unpaired) electrons. The first-order valence-corrected chi connectivity index (χ1v) is 9.12. The van der Waals surface area contributed by atoms with Gasteiger partial charge >= 0.3 is 11.9 Å². The Hall–Kier alpha value is -3.74. The summed E-state index contributed by atoms with van der Waals surface area (Å²) in [5.74, 6) is -1.03. The number of benzene rings is 1. The second-order valence-electron chi connectivity index (χ2n) is 6.17. The summed E-state index contributed by atoms with van der Waals surface area (Å²) >= 11 is 0. The third-order valence-corrected chi connectivity index (χ3v) is 4.42. The molecule has 0 spiro atoms. The lowest BCUT2D eigenvalue weighted by Gasteiger charge is -2.02. The van der Waals surface area contributed by atoms with Gasteiger partial charge in [-0.2, -0.15) is 0 Å². The zero-order valence-corrected chi connectivity index (χ0v) is 16.0. The third kappa shape index (κ3) is 4.08. The maximum atomic E-state index is 12.4. The fourth-order valence-electron chi connectivity index (χ4n) is 3.07. The van der Waals surface area contributed by atoms with E-state index in [0.29, 0.717) is 11.1 Å². The molecular weight excluding hydrogens is 374 g/mol. The Morgan fingerprint density at radius 1 is 0.793 bits per heavy atom. The van der Waals surface area contributed by atoms with Crippen LogP contribution in [0, 0.1) is 10.1 Å². The zero-order chi connectivity index (χ0) is 21.0. The maximum Gasteiger partial charge on any atom is 0.338 e. The number of nitro benzene ring substituents is 1. The predicted octanol–water partition coefficient (Wildman–Crippen LogP) is 4.72. The van der Waals surface area contributed by atoms with E-state index in [1.807, 2.05) is 0 Å². The van der Waals surface area contributed by atoms with Crippen LogP contribution >= 0.6 is 0 Å². The normalized spacial score (nSPS) is 10.6. The van der Waals surface area contributed by atoms with E-state index in [1.54, 1.807) is 50.2 Å². The molecule has 2 aliphatic rings. The summed E-state index contributed by atoms with van der Waals surface area (Å²) < 4.78 is 10.2. The van der Waals surface area contributed by atoms with Crippen molar-refractivity contribution in [2.24, 2.45) is 0 Å². The minimum Gasteiger partial charge on any atom is -0.462 e. The highest BCUT2D eigenvalue weighted by Gasteiger charge is 2.25. The summed E-state index contributed by atoms with van der Waals surface area (Å²) in [5, 5.41) is 10.8. The Bertz CT molecular complexity index is 989. The van der Waals surface area contributed by atoms with E-state index in [2.05, 4.69) is 0 Å². The molecule has 0 amide bonds. The van der Waals surface area contributed by atoms with E-state index in [0.717, 1.165) is 11.1 Å². The van der Waals surface area contributed by atoms with Gasteiger partial charge in [-0.1, -0.05) is 24.3 Å². The number of esters is 2. The van der Waals surface area contributed by atoms with Crippen LogP contribution in [-0.2, 0) is 9.47 Å². The number of nitro groups is 1. The van der Waals surface area contributed by atoms with Crippen molar-refractivity contribution in [1.82, 2.24) is 0 Å². The SMILES string of the molecule is CCOC(=O)c1cc(C(=O)OCC)c2ccc(-c3ccc([N+](=O)[O-])cc3)ccc1-2. The van der Waals surface area contributed by atoms with Gasteiger partial charge in [0.2, 0.25) is 0 Å². The van der Waals surface area contributed by atoms with Gasteiger partial charge in [0.15, 0.2) is 0 Å². The number of nitrogens with zero attached hydrogens (tertiary/aromatic N) is 1. The molecule has 0 saturated heterocycles. The summed E-state index contributed by atoms with van der Waals surface area (Å²) in [5.41, 5.74) is 3.26. The number of carbonyl (C=O) groups excluding carboxylic acids is 2. The maximum absolute atomic E-state index is 12.4. The van der Waals surface area contributed by atoms with E-state index >= 15 is 0 Å². The first-order chi connectivity index (χ1) is 14.0. The van der Waals surface area contributed by atoms with E-state index < -0.39 is 16.9 Å². The second kappa shape index (κ2) is 8.52. The highest BCUT2D eigenvalue weighted by molar-refractivity contribution is 6.08. The van der Waals surface area contributed by atoms with Gasteiger partial charge in [-0.25, -0.2) is 9.59 Å². The summed E-state index contributed by atoms with van der Waals surface area (Å²) in [6.07, 6.45) is 0. The van der Waals surface area contributed by atoms with Crippen LogP contribution in [0.25, 0.3) is 22.3 Å². The summed E-state index contributed by atoms with van der Waals surface area (Å²) in [4.78, 5) is 35.1. The number of ether oxygens (including phenoxy) is 2. The molecule has 0 bridgehead atoms. The monoisotopic (exact) mass is 393 g/mol. The predicted molar refractivity (Wildman–Crippen MR) is 107 cm³/mol. The van der Waals surface area contributed by atoms with Crippen molar-refractivity contribution in [2.75, 3.05) is 13.2 Å². The highest BCUT2D eigenvalue weighted by Crippen LogP contribution is 2.35. The van der Waals surface area contributed by atoms with Crippen LogP contribution in [0.15, 0.2) is 54.6 Å². The number of fused-ring (bicyclic) bond motifs is 1. The van der Waals surface area contributed by atoms with Crippen molar-refractivity contribution in [3.8, 4) is 22.3 Å². The molecule has 2 aliphatic carbocycles. The number of carbonyl (C=O) groups is 2. The molecule has 0 heterocycles. The number of non-ortho nitro benzene ring substituents is 1. The van der Waals surface area contributed by atoms with Gasteiger partial charge in [0, 0.05) is 12.1 Å². The van der Waals surface area contributed by atoms with Crippen molar-refractivity contribution < 1.29 is 24.0 Å². The standard InChI is InChI=1S/C22H19NO6/c1-3-28-21(24)19-13-20(22(25)29-4-2)18-12-8-15(7-11-17(18)19)14-5-9-16(10-6-14)23(26)27/h5-13H,3-4H2,1-2H3. The zero-order valence-electron chi connectivity index (χ0n) is 16.0. The van der Waals surface area contributed by atoms with Crippen LogP contribution in [0.1, 0.15) is 34.6 Å².